The Morgan fingerprint density at radius 3 is 2.79 bits per heavy atom. The van der Waals surface area contributed by atoms with Gasteiger partial charge in [0.1, 0.15) is 17.3 Å². The molecule has 3 heterocycles. The summed E-state index contributed by atoms with van der Waals surface area (Å²) in [7, 11) is 0. The van der Waals surface area contributed by atoms with Gasteiger partial charge in [-0.1, -0.05) is 12.1 Å². The van der Waals surface area contributed by atoms with Crippen molar-refractivity contribution < 1.29 is 5.11 Å². The van der Waals surface area contributed by atoms with Crippen LogP contribution in [0.25, 0.3) is 15.8 Å². The van der Waals surface area contributed by atoms with Crippen LogP contribution >= 0.6 is 11.3 Å². The Hall–Kier alpha value is -3.06. The Morgan fingerprint density at radius 2 is 2.00 bits per heavy atom. The fourth-order valence-corrected chi connectivity index (χ4v) is 3.49. The van der Waals surface area contributed by atoms with Gasteiger partial charge < -0.3 is 5.11 Å². The van der Waals surface area contributed by atoms with Crippen LogP contribution in [-0.4, -0.2) is 38.7 Å². The van der Waals surface area contributed by atoms with Crippen molar-refractivity contribution in [2.24, 2.45) is 5.10 Å². The third kappa shape index (κ3) is 2.55. The van der Waals surface area contributed by atoms with Crippen molar-refractivity contribution in [2.75, 3.05) is 6.54 Å². The van der Waals surface area contributed by atoms with E-state index in [0.29, 0.717) is 10.6 Å². The maximum atomic E-state index is 10.3. The molecule has 6 nitrogen and oxygen atoms in total. The highest BCUT2D eigenvalue weighted by Crippen LogP contribution is 2.33. The molecular formula is C17H13N5OS. The molecule has 3 aromatic rings. The van der Waals surface area contributed by atoms with E-state index in [1.807, 2.05) is 36.4 Å². The fourth-order valence-electron chi connectivity index (χ4n) is 2.45. The number of hydrogen-bond acceptors (Lipinski definition) is 6. The van der Waals surface area contributed by atoms with Gasteiger partial charge in [0.15, 0.2) is 5.84 Å². The van der Waals surface area contributed by atoms with Gasteiger partial charge in [-0.3, -0.25) is 10.4 Å². The van der Waals surface area contributed by atoms with Gasteiger partial charge >= 0.3 is 0 Å². The smallest absolute Gasteiger partial charge is 0.155 e. The van der Waals surface area contributed by atoms with Crippen molar-refractivity contribution in [2.45, 2.75) is 0 Å². The minimum atomic E-state index is 0.117. The molecule has 2 aromatic heterocycles. The molecule has 4 rings (SSSR count). The number of aliphatic hydroxyl groups excluding tert-OH is 1. The maximum absolute atomic E-state index is 10.3. The molecule has 0 amide bonds. The second-order valence-corrected chi connectivity index (χ2v) is 6.27. The summed E-state index contributed by atoms with van der Waals surface area (Å²) in [5.41, 5.74) is 2.19. The number of fused-ring (bicyclic) bond motifs is 1. The van der Waals surface area contributed by atoms with Gasteiger partial charge in [0, 0.05) is 12.4 Å². The molecule has 24 heavy (non-hydrogen) atoms. The van der Waals surface area contributed by atoms with Crippen LogP contribution in [0.5, 0.6) is 0 Å². The SMILES string of the molecule is N=C1C(c2nc3ccccc3s2)=C(O)CN1/N=C/c1ccncc1. The molecule has 0 atom stereocenters. The Morgan fingerprint density at radius 1 is 1.21 bits per heavy atom. The van der Waals surface area contributed by atoms with Crippen molar-refractivity contribution >= 4 is 39.2 Å². The van der Waals surface area contributed by atoms with Crippen molar-refractivity contribution in [1.82, 2.24) is 15.0 Å². The van der Waals surface area contributed by atoms with Gasteiger partial charge in [0.25, 0.3) is 0 Å². The second kappa shape index (κ2) is 5.86. The maximum Gasteiger partial charge on any atom is 0.155 e. The molecule has 0 fully saturated rings. The number of aromatic nitrogens is 2. The van der Waals surface area contributed by atoms with E-state index < -0.39 is 0 Å². The zero-order chi connectivity index (χ0) is 16.5. The first-order chi connectivity index (χ1) is 11.7. The summed E-state index contributed by atoms with van der Waals surface area (Å²) in [6.07, 6.45) is 5.00. The molecule has 2 N–H and O–H groups in total. The first-order valence-electron chi connectivity index (χ1n) is 7.31. The van der Waals surface area contributed by atoms with Crippen molar-refractivity contribution in [3.8, 4) is 0 Å². The van der Waals surface area contributed by atoms with Crippen LogP contribution in [0, 0.1) is 5.41 Å². The van der Waals surface area contributed by atoms with E-state index in [-0.39, 0.29) is 18.1 Å². The summed E-state index contributed by atoms with van der Waals surface area (Å²) in [5, 5.41) is 25.0. The lowest BCUT2D eigenvalue weighted by Crippen LogP contribution is -2.20. The number of para-hydroxylation sites is 1. The molecule has 0 saturated heterocycles. The lowest BCUT2D eigenvalue weighted by atomic mass is 10.2. The molecule has 0 radical (unpaired) electrons. The normalized spacial score (nSPS) is 15.2. The number of hydrogen-bond donors (Lipinski definition) is 2. The van der Waals surface area contributed by atoms with Crippen LogP contribution in [0.15, 0.2) is 59.7 Å². The summed E-state index contributed by atoms with van der Waals surface area (Å²) < 4.78 is 1.03. The standard InChI is InChI=1S/C17H13N5OS/c18-16-15(17-21-12-3-1-2-4-14(12)24-17)13(23)10-22(16)20-9-11-5-7-19-8-6-11/h1-9,18,23H,10H2/b18-16?,20-9+. The van der Waals surface area contributed by atoms with E-state index in [2.05, 4.69) is 15.1 Å². The van der Waals surface area contributed by atoms with Gasteiger partial charge in [-0.05, 0) is 29.8 Å². The van der Waals surface area contributed by atoms with Gasteiger partial charge in [-0.2, -0.15) is 5.10 Å². The van der Waals surface area contributed by atoms with Crippen LogP contribution in [0.2, 0.25) is 0 Å². The molecule has 0 saturated carbocycles. The van der Waals surface area contributed by atoms with Gasteiger partial charge in [-0.15, -0.1) is 11.3 Å². The molecular weight excluding hydrogens is 322 g/mol. The molecule has 0 spiro atoms. The summed E-state index contributed by atoms with van der Waals surface area (Å²) >= 11 is 1.46. The molecule has 0 unspecified atom stereocenters. The second-order valence-electron chi connectivity index (χ2n) is 5.24. The number of thiazole rings is 1. The number of amidine groups is 1. The number of hydrazone groups is 1. The van der Waals surface area contributed by atoms with Crippen LogP contribution in [0.3, 0.4) is 0 Å². The predicted molar refractivity (Wildman–Crippen MR) is 95.4 cm³/mol. The van der Waals surface area contributed by atoms with Gasteiger partial charge in [-0.25, -0.2) is 9.99 Å². The summed E-state index contributed by atoms with van der Waals surface area (Å²) in [6.45, 7) is 0.172. The number of nitrogens with one attached hydrogen (secondary N) is 1. The first kappa shape index (κ1) is 14.5. The molecule has 118 valence electrons. The largest absolute Gasteiger partial charge is 0.509 e. The van der Waals surface area contributed by atoms with Crippen molar-refractivity contribution in [1.29, 1.82) is 5.41 Å². The first-order valence-corrected chi connectivity index (χ1v) is 8.12. The van der Waals surface area contributed by atoms with E-state index >= 15 is 0 Å². The van der Waals surface area contributed by atoms with E-state index in [1.54, 1.807) is 18.6 Å². The van der Waals surface area contributed by atoms with Gasteiger partial charge in [0.05, 0.1) is 22.0 Å². The number of benzene rings is 1. The Balaban J connectivity index is 1.62. The summed E-state index contributed by atoms with van der Waals surface area (Å²) in [4.78, 5) is 8.47. The van der Waals surface area contributed by atoms with Crippen LogP contribution in [0.4, 0.5) is 0 Å². The lowest BCUT2D eigenvalue weighted by Gasteiger charge is -2.10. The third-order valence-electron chi connectivity index (χ3n) is 3.64. The Kier molecular flexibility index (Phi) is 3.55. The minimum Gasteiger partial charge on any atom is -0.509 e. The van der Waals surface area contributed by atoms with E-state index in [9.17, 15) is 5.11 Å². The summed E-state index contributed by atoms with van der Waals surface area (Å²) in [6, 6.07) is 11.4. The lowest BCUT2D eigenvalue weighted by molar-refractivity contribution is 0.358. The zero-order valence-corrected chi connectivity index (χ0v) is 13.4. The van der Waals surface area contributed by atoms with Crippen LogP contribution in [0.1, 0.15) is 10.6 Å². The number of nitrogens with zero attached hydrogens (tertiary/aromatic N) is 4. The minimum absolute atomic E-state index is 0.117. The van der Waals surface area contributed by atoms with E-state index in [0.717, 1.165) is 15.8 Å². The quantitative estimate of drug-likeness (QED) is 0.719. The molecule has 0 bridgehead atoms. The van der Waals surface area contributed by atoms with E-state index in [4.69, 9.17) is 5.41 Å². The van der Waals surface area contributed by atoms with Crippen molar-refractivity contribution in [3.05, 3.63) is 65.1 Å². The fraction of sp³-hybridized carbons (Fsp3) is 0.0588. The summed E-state index contributed by atoms with van der Waals surface area (Å²) in [5.74, 6) is 0.266. The number of pyridine rings is 1. The highest BCUT2D eigenvalue weighted by molar-refractivity contribution is 7.19. The monoisotopic (exact) mass is 335 g/mol. The molecule has 1 aliphatic heterocycles. The molecule has 0 aliphatic carbocycles. The molecule has 7 heteroatoms. The number of aliphatic hydroxyl groups is 1. The Labute approximate surface area is 141 Å². The highest BCUT2D eigenvalue weighted by Gasteiger charge is 2.30. The zero-order valence-electron chi connectivity index (χ0n) is 12.5. The molecule has 1 aromatic carbocycles. The highest BCUT2D eigenvalue weighted by atomic mass is 32.1. The third-order valence-corrected chi connectivity index (χ3v) is 4.70. The Bertz CT molecular complexity index is 944. The molecule has 1 aliphatic rings. The topological polar surface area (TPSA) is 85.5 Å². The van der Waals surface area contributed by atoms with E-state index in [1.165, 1.54) is 16.3 Å². The van der Waals surface area contributed by atoms with Gasteiger partial charge in [0.2, 0.25) is 0 Å². The average Bonchev–Trinajstić information content (AvgIpc) is 3.14. The van der Waals surface area contributed by atoms with Crippen LogP contribution in [-0.2, 0) is 0 Å². The van der Waals surface area contributed by atoms with Crippen molar-refractivity contribution in [3.63, 3.8) is 0 Å². The predicted octanol–water partition coefficient (Wildman–Crippen LogP) is 3.29. The van der Waals surface area contributed by atoms with Crippen LogP contribution < -0.4 is 0 Å². The average molecular weight is 335 g/mol. The number of rotatable bonds is 3.